The second kappa shape index (κ2) is 20.3. The molecule has 0 bridgehead atoms. The Morgan fingerprint density at radius 1 is 0.516 bits per heavy atom. The van der Waals surface area contributed by atoms with Gasteiger partial charge in [0.05, 0.1) is 19.3 Å². The van der Waals surface area contributed by atoms with Crippen LogP contribution in [-0.2, 0) is 44.6 Å². The summed E-state index contributed by atoms with van der Waals surface area (Å²) in [6.07, 6.45) is 1.85. The van der Waals surface area contributed by atoms with Crippen molar-refractivity contribution in [2.45, 2.75) is 66.8 Å². The molecule has 0 amide bonds. The molecule has 1 heterocycles. The van der Waals surface area contributed by atoms with Crippen LogP contribution in [0.15, 0.2) is 192 Å². The molecule has 7 aromatic rings. The molecule has 10 nitrogen and oxygen atoms in total. The molecule has 3 atom stereocenters. The molecule has 0 radical (unpaired) electrons. The molecule has 1 saturated heterocycles. The van der Waals surface area contributed by atoms with Crippen molar-refractivity contribution in [3.8, 4) is 28.7 Å². The average molecular weight is 897 g/mol. The van der Waals surface area contributed by atoms with E-state index >= 15 is 0 Å². The number of hydrogen-bond acceptors (Lipinski definition) is 10. The van der Waals surface area contributed by atoms with Crippen LogP contribution in [-0.4, -0.2) is 30.0 Å². The van der Waals surface area contributed by atoms with Crippen molar-refractivity contribution in [3.63, 3.8) is 0 Å². The number of rotatable bonds is 18. The maximum Gasteiger partial charge on any atom is 0.339 e. The highest BCUT2D eigenvalue weighted by Crippen LogP contribution is 2.49. The lowest BCUT2D eigenvalue weighted by Gasteiger charge is -2.37. The predicted octanol–water partition coefficient (Wildman–Crippen LogP) is 11.0. The summed E-state index contributed by atoms with van der Waals surface area (Å²) in [6.45, 7) is 0.657. The van der Waals surface area contributed by atoms with E-state index in [1.807, 2.05) is 97.1 Å². The van der Waals surface area contributed by atoms with Gasteiger partial charge in [-0.05, 0) is 102 Å². The third kappa shape index (κ3) is 11.3. The Bertz CT molecular complexity index is 2740. The van der Waals surface area contributed by atoms with Crippen LogP contribution in [0.2, 0.25) is 0 Å². The van der Waals surface area contributed by atoms with Crippen molar-refractivity contribution in [1.29, 1.82) is 0 Å². The second-order valence-corrected chi connectivity index (χ2v) is 18.5. The zero-order valence-electron chi connectivity index (χ0n) is 35.2. The Hall–Kier alpha value is -6.60. The van der Waals surface area contributed by atoms with Crippen LogP contribution in [0.1, 0.15) is 59.1 Å². The molecule has 7 aromatic carbocycles. The molecule has 1 aliphatic rings. The summed E-state index contributed by atoms with van der Waals surface area (Å²) in [7, 11) is -6.40. The highest BCUT2D eigenvalue weighted by atomic mass is 32.2. The molecule has 12 heteroatoms. The van der Waals surface area contributed by atoms with E-state index in [0.717, 1.165) is 27.8 Å². The molecule has 0 aromatic heterocycles. The third-order valence-electron chi connectivity index (χ3n) is 11.0. The SMILES string of the molecule is COc1cc(OCc2ccccc2)c([C@@H]2C[C@H](CCc3ccc(OS(=O)(=O)c4ccccc4)cc3)O[C@H](c3ccc(OS(=O)(=O)c4ccccc4)cc3)C2)c(OCc2ccccc2)c1. The standard InChI is InChI=1S/C52H48O10S2/c1-57-46-34-50(58-36-39-14-6-2-7-15-39)52(51(35-46)59-37-40-16-8-3-9-17-40)42-32-45(29-24-38-22-27-43(28-23-38)61-63(53,54)47-18-10-4-11-19-47)60-49(33-42)41-25-30-44(31-26-41)62-64(55,56)48-20-12-5-13-21-48/h2-23,25-28,30-31,34-35,42,45,49H,24,29,32-33,36-37H2,1H3/t42-,45+,49+/m1/s1. The first-order valence-corrected chi connectivity index (χ1v) is 23.8. The van der Waals surface area contributed by atoms with Crippen molar-refractivity contribution < 1.29 is 44.1 Å². The van der Waals surface area contributed by atoms with E-state index in [0.29, 0.717) is 56.1 Å². The molecule has 0 unspecified atom stereocenters. The van der Waals surface area contributed by atoms with E-state index in [4.69, 9.17) is 27.3 Å². The molecular weight excluding hydrogens is 849 g/mol. The smallest absolute Gasteiger partial charge is 0.339 e. The first-order chi connectivity index (χ1) is 31.1. The minimum atomic E-state index is -4.04. The molecule has 328 valence electrons. The van der Waals surface area contributed by atoms with E-state index in [2.05, 4.69) is 0 Å². The lowest BCUT2D eigenvalue weighted by Crippen LogP contribution is -2.28. The van der Waals surface area contributed by atoms with Gasteiger partial charge in [-0.15, -0.1) is 0 Å². The molecule has 0 saturated carbocycles. The second-order valence-electron chi connectivity index (χ2n) is 15.5. The lowest BCUT2D eigenvalue weighted by molar-refractivity contribution is -0.0634. The van der Waals surface area contributed by atoms with E-state index in [1.165, 1.54) is 24.3 Å². The largest absolute Gasteiger partial charge is 0.496 e. The highest BCUT2D eigenvalue weighted by Gasteiger charge is 2.35. The third-order valence-corrected chi connectivity index (χ3v) is 13.5. The van der Waals surface area contributed by atoms with Crippen molar-refractivity contribution in [1.82, 2.24) is 0 Å². The number of hydrogen-bond donors (Lipinski definition) is 0. The van der Waals surface area contributed by atoms with Gasteiger partial charge in [-0.1, -0.05) is 121 Å². The molecule has 64 heavy (non-hydrogen) atoms. The summed E-state index contributed by atoms with van der Waals surface area (Å²) < 4.78 is 88.8. The molecule has 1 aliphatic heterocycles. The highest BCUT2D eigenvalue weighted by molar-refractivity contribution is 7.87. The van der Waals surface area contributed by atoms with Crippen molar-refractivity contribution in [3.05, 3.63) is 210 Å². The van der Waals surface area contributed by atoms with Gasteiger partial charge in [0.1, 0.15) is 51.8 Å². The van der Waals surface area contributed by atoms with Crippen LogP contribution in [0.3, 0.4) is 0 Å². The molecule has 1 fully saturated rings. The number of aryl methyl sites for hydroxylation is 1. The first-order valence-electron chi connectivity index (χ1n) is 21.0. The maximum atomic E-state index is 13.0. The van der Waals surface area contributed by atoms with Gasteiger partial charge in [-0.2, -0.15) is 16.8 Å². The molecule has 0 aliphatic carbocycles. The zero-order valence-corrected chi connectivity index (χ0v) is 36.8. The fourth-order valence-electron chi connectivity index (χ4n) is 7.76. The monoisotopic (exact) mass is 896 g/mol. The van der Waals surface area contributed by atoms with Crippen LogP contribution < -0.4 is 22.6 Å². The number of methoxy groups -OCH3 is 1. The van der Waals surface area contributed by atoms with Crippen molar-refractivity contribution >= 4 is 20.2 Å². The molecule has 8 rings (SSSR count). The van der Waals surface area contributed by atoms with Crippen LogP contribution in [0.5, 0.6) is 28.7 Å². The van der Waals surface area contributed by atoms with E-state index in [1.54, 1.807) is 67.8 Å². The average Bonchev–Trinajstić information content (AvgIpc) is 3.33. The van der Waals surface area contributed by atoms with Gasteiger partial charge in [0, 0.05) is 17.7 Å². The molecule has 0 spiro atoms. The lowest BCUT2D eigenvalue weighted by atomic mass is 9.81. The van der Waals surface area contributed by atoms with Gasteiger partial charge < -0.3 is 27.3 Å². The fourth-order valence-corrected chi connectivity index (χ4v) is 9.66. The topological polar surface area (TPSA) is 124 Å². The van der Waals surface area contributed by atoms with Crippen LogP contribution in [0, 0.1) is 0 Å². The van der Waals surface area contributed by atoms with Gasteiger partial charge in [-0.3, -0.25) is 0 Å². The van der Waals surface area contributed by atoms with Crippen LogP contribution >= 0.6 is 0 Å². The van der Waals surface area contributed by atoms with E-state index in [9.17, 15) is 16.8 Å². The quantitative estimate of drug-likeness (QED) is 0.0769. The normalized spacial score (nSPS) is 16.4. The van der Waals surface area contributed by atoms with Gasteiger partial charge in [-0.25, -0.2) is 0 Å². The van der Waals surface area contributed by atoms with E-state index in [-0.39, 0.29) is 33.3 Å². The molecular formula is C52H48O10S2. The number of ether oxygens (including phenoxy) is 4. The summed E-state index contributed by atoms with van der Waals surface area (Å²) in [4.78, 5) is 0.144. The number of benzene rings is 7. The summed E-state index contributed by atoms with van der Waals surface area (Å²) in [5.74, 6) is 2.18. The minimum absolute atomic E-state index is 0.0647. The minimum Gasteiger partial charge on any atom is -0.496 e. The Morgan fingerprint density at radius 3 is 1.44 bits per heavy atom. The van der Waals surface area contributed by atoms with Gasteiger partial charge in [0.25, 0.3) is 0 Å². The van der Waals surface area contributed by atoms with Gasteiger partial charge in [0.15, 0.2) is 0 Å². The van der Waals surface area contributed by atoms with E-state index < -0.39 is 26.3 Å². The van der Waals surface area contributed by atoms with Crippen LogP contribution in [0.4, 0.5) is 0 Å². The maximum absolute atomic E-state index is 13.0. The summed E-state index contributed by atoms with van der Waals surface area (Å²) in [5, 5.41) is 0. The summed E-state index contributed by atoms with van der Waals surface area (Å²) in [6, 6.07) is 53.9. The van der Waals surface area contributed by atoms with Gasteiger partial charge >= 0.3 is 20.2 Å². The Kier molecular flexibility index (Phi) is 13.9. The summed E-state index contributed by atoms with van der Waals surface area (Å²) >= 11 is 0. The Morgan fingerprint density at radius 2 is 0.969 bits per heavy atom. The van der Waals surface area contributed by atoms with Crippen LogP contribution in [0.25, 0.3) is 0 Å². The first kappa shape index (κ1) is 44.0. The van der Waals surface area contributed by atoms with Crippen molar-refractivity contribution in [2.75, 3.05) is 7.11 Å². The van der Waals surface area contributed by atoms with Crippen molar-refractivity contribution in [2.24, 2.45) is 0 Å². The summed E-state index contributed by atoms with van der Waals surface area (Å²) in [5.41, 5.74) is 4.76. The molecule has 0 N–H and O–H groups in total. The predicted molar refractivity (Wildman–Crippen MR) is 244 cm³/mol. The fraction of sp³-hybridized carbons (Fsp3) is 0.192. The Labute approximate surface area is 375 Å². The Balaban J connectivity index is 1.09. The zero-order chi connectivity index (χ0) is 44.4. The van der Waals surface area contributed by atoms with Gasteiger partial charge in [0.2, 0.25) is 0 Å².